The van der Waals surface area contributed by atoms with E-state index >= 15 is 0 Å². The molecular weight excluding hydrogens is 238 g/mol. The maximum absolute atomic E-state index is 5.45. The molecule has 0 amide bonds. The molecule has 108 valence electrons. The van der Waals surface area contributed by atoms with E-state index in [4.69, 9.17) is 4.74 Å². The van der Waals surface area contributed by atoms with Crippen molar-refractivity contribution in [1.82, 2.24) is 15.2 Å². The number of rotatable bonds is 7. The van der Waals surface area contributed by atoms with Crippen LogP contribution in [0.1, 0.15) is 23.7 Å². The number of ether oxygens (including phenoxy) is 1. The van der Waals surface area contributed by atoms with E-state index in [1.54, 1.807) is 7.11 Å². The Morgan fingerprint density at radius 1 is 1.42 bits per heavy atom. The second kappa shape index (κ2) is 7.46. The fourth-order valence-electron chi connectivity index (χ4n) is 2.50. The normalized spacial score (nSPS) is 12.8. The first kappa shape index (κ1) is 15.9. The van der Waals surface area contributed by atoms with Crippen LogP contribution in [-0.2, 0) is 6.54 Å². The molecule has 1 rings (SSSR count). The van der Waals surface area contributed by atoms with Crippen molar-refractivity contribution < 1.29 is 4.74 Å². The molecule has 0 aliphatic heterocycles. The van der Waals surface area contributed by atoms with Crippen molar-refractivity contribution in [2.75, 3.05) is 34.3 Å². The zero-order valence-corrected chi connectivity index (χ0v) is 13.1. The Labute approximate surface area is 117 Å². The third-order valence-electron chi connectivity index (χ3n) is 3.35. The van der Waals surface area contributed by atoms with E-state index in [0.29, 0.717) is 5.92 Å². The first-order chi connectivity index (χ1) is 8.99. The Morgan fingerprint density at radius 3 is 2.68 bits per heavy atom. The largest absolute Gasteiger partial charge is 0.496 e. The number of pyridine rings is 1. The van der Waals surface area contributed by atoms with Gasteiger partial charge in [-0.25, -0.2) is 0 Å². The lowest BCUT2D eigenvalue weighted by Crippen LogP contribution is -2.29. The van der Waals surface area contributed by atoms with E-state index in [1.165, 1.54) is 0 Å². The molecule has 0 saturated heterocycles. The molecule has 4 heteroatoms. The minimum absolute atomic E-state index is 0.627. The third-order valence-corrected chi connectivity index (χ3v) is 3.35. The highest BCUT2D eigenvalue weighted by molar-refractivity contribution is 5.40. The third kappa shape index (κ3) is 4.48. The van der Waals surface area contributed by atoms with Crippen molar-refractivity contribution in [2.45, 2.75) is 27.3 Å². The van der Waals surface area contributed by atoms with Crippen LogP contribution in [0.15, 0.2) is 6.20 Å². The molecule has 1 aromatic rings. The first-order valence-corrected chi connectivity index (χ1v) is 6.81. The molecule has 4 nitrogen and oxygen atoms in total. The van der Waals surface area contributed by atoms with Crippen molar-refractivity contribution in [3.63, 3.8) is 0 Å². The number of aryl methyl sites for hydroxylation is 1. The van der Waals surface area contributed by atoms with E-state index < -0.39 is 0 Å². The fraction of sp³-hybridized carbons (Fsp3) is 0.667. The number of nitrogens with zero attached hydrogens (tertiary/aromatic N) is 2. The van der Waals surface area contributed by atoms with Crippen molar-refractivity contribution in [1.29, 1.82) is 0 Å². The van der Waals surface area contributed by atoms with Gasteiger partial charge in [-0.15, -0.1) is 0 Å². The molecule has 1 unspecified atom stereocenters. The van der Waals surface area contributed by atoms with Gasteiger partial charge in [-0.05, 0) is 40.4 Å². The summed E-state index contributed by atoms with van der Waals surface area (Å²) >= 11 is 0. The molecular formula is C15H27N3O. The van der Waals surface area contributed by atoms with E-state index in [9.17, 15) is 0 Å². The highest BCUT2D eigenvalue weighted by Crippen LogP contribution is 2.24. The average Bonchev–Trinajstić information content (AvgIpc) is 2.33. The van der Waals surface area contributed by atoms with Gasteiger partial charge < -0.3 is 15.0 Å². The predicted molar refractivity (Wildman–Crippen MR) is 79.7 cm³/mol. The van der Waals surface area contributed by atoms with Gasteiger partial charge in [0.25, 0.3) is 0 Å². The lowest BCUT2D eigenvalue weighted by atomic mass is 10.1. The molecule has 19 heavy (non-hydrogen) atoms. The van der Waals surface area contributed by atoms with E-state index in [1.807, 2.05) is 20.2 Å². The smallest absolute Gasteiger partial charge is 0.128 e. The number of hydrogen-bond donors (Lipinski definition) is 1. The van der Waals surface area contributed by atoms with Crippen LogP contribution >= 0.6 is 0 Å². The summed E-state index contributed by atoms with van der Waals surface area (Å²) in [6, 6.07) is 0. The van der Waals surface area contributed by atoms with Crippen LogP contribution in [-0.4, -0.2) is 44.2 Å². The summed E-state index contributed by atoms with van der Waals surface area (Å²) in [5.41, 5.74) is 3.34. The summed E-state index contributed by atoms with van der Waals surface area (Å²) < 4.78 is 5.45. The second-order valence-corrected chi connectivity index (χ2v) is 5.41. The van der Waals surface area contributed by atoms with Gasteiger partial charge in [-0.3, -0.25) is 4.98 Å². The molecule has 0 aliphatic rings. The predicted octanol–water partition coefficient (Wildman–Crippen LogP) is 1.99. The van der Waals surface area contributed by atoms with Crippen LogP contribution < -0.4 is 10.1 Å². The van der Waals surface area contributed by atoms with Crippen LogP contribution in [0.25, 0.3) is 0 Å². The average molecular weight is 265 g/mol. The Bertz CT molecular complexity index is 407. The van der Waals surface area contributed by atoms with Crippen LogP contribution in [0.5, 0.6) is 5.75 Å². The monoisotopic (exact) mass is 265 g/mol. The van der Waals surface area contributed by atoms with Gasteiger partial charge >= 0.3 is 0 Å². The minimum Gasteiger partial charge on any atom is -0.496 e. The molecule has 0 aromatic carbocycles. The summed E-state index contributed by atoms with van der Waals surface area (Å²) in [6.07, 6.45) is 1.89. The van der Waals surface area contributed by atoms with Gasteiger partial charge in [0.05, 0.1) is 12.8 Å². The summed E-state index contributed by atoms with van der Waals surface area (Å²) in [5.74, 6) is 1.59. The van der Waals surface area contributed by atoms with Gasteiger partial charge in [0.2, 0.25) is 0 Å². The first-order valence-electron chi connectivity index (χ1n) is 6.81. The van der Waals surface area contributed by atoms with Gasteiger partial charge in [0, 0.05) is 30.4 Å². The number of aromatic nitrogens is 1. The lowest BCUT2D eigenvalue weighted by molar-refractivity contribution is 0.272. The molecule has 0 aliphatic carbocycles. The van der Waals surface area contributed by atoms with Crippen molar-refractivity contribution >= 4 is 0 Å². The number of nitrogens with one attached hydrogen (secondary N) is 1. The second-order valence-electron chi connectivity index (χ2n) is 5.41. The van der Waals surface area contributed by atoms with Gasteiger partial charge in [-0.2, -0.15) is 0 Å². The number of hydrogen-bond acceptors (Lipinski definition) is 4. The van der Waals surface area contributed by atoms with E-state index in [0.717, 1.165) is 42.2 Å². The zero-order valence-electron chi connectivity index (χ0n) is 13.1. The van der Waals surface area contributed by atoms with Gasteiger partial charge in [0.1, 0.15) is 5.75 Å². The van der Waals surface area contributed by atoms with E-state index in [2.05, 4.69) is 36.1 Å². The maximum atomic E-state index is 5.45. The summed E-state index contributed by atoms with van der Waals surface area (Å²) in [7, 11) is 5.85. The Kier molecular flexibility index (Phi) is 6.25. The van der Waals surface area contributed by atoms with Crippen LogP contribution in [0.4, 0.5) is 0 Å². The quantitative estimate of drug-likeness (QED) is 0.818. The highest BCUT2D eigenvalue weighted by Gasteiger charge is 2.12. The topological polar surface area (TPSA) is 37.4 Å². The maximum Gasteiger partial charge on any atom is 0.128 e. The molecule has 1 aromatic heterocycles. The summed E-state index contributed by atoms with van der Waals surface area (Å²) in [5, 5.41) is 3.21. The van der Waals surface area contributed by atoms with Crippen molar-refractivity contribution in [3.8, 4) is 5.75 Å². The molecule has 0 fully saturated rings. The van der Waals surface area contributed by atoms with Crippen LogP contribution in [0.3, 0.4) is 0 Å². The summed E-state index contributed by atoms with van der Waals surface area (Å²) in [4.78, 5) is 6.85. The molecule has 0 saturated carbocycles. The molecule has 0 spiro atoms. The highest BCUT2D eigenvalue weighted by atomic mass is 16.5. The standard InChI is InChI=1S/C15H27N3O/c1-11(7-16-4)9-18(5)10-14-13(3)15(19-6)12(2)8-17-14/h8,11,16H,7,9-10H2,1-6H3. The number of methoxy groups -OCH3 is 1. The SMILES string of the molecule is CNCC(C)CN(C)Cc1ncc(C)c(OC)c1C. The van der Waals surface area contributed by atoms with Gasteiger partial charge in [0.15, 0.2) is 0 Å². The Balaban J connectivity index is 2.72. The fourth-order valence-corrected chi connectivity index (χ4v) is 2.50. The Morgan fingerprint density at radius 2 is 2.11 bits per heavy atom. The van der Waals surface area contributed by atoms with Crippen LogP contribution in [0, 0.1) is 19.8 Å². The molecule has 1 atom stereocenters. The van der Waals surface area contributed by atoms with Crippen molar-refractivity contribution in [2.24, 2.45) is 5.92 Å². The molecule has 0 radical (unpaired) electrons. The molecule has 0 bridgehead atoms. The van der Waals surface area contributed by atoms with Crippen molar-refractivity contribution in [3.05, 3.63) is 23.0 Å². The molecule has 1 N–H and O–H groups in total. The van der Waals surface area contributed by atoms with Crippen LogP contribution in [0.2, 0.25) is 0 Å². The van der Waals surface area contributed by atoms with Gasteiger partial charge in [-0.1, -0.05) is 6.92 Å². The molecule has 1 heterocycles. The Hall–Kier alpha value is -1.13. The summed E-state index contributed by atoms with van der Waals surface area (Å²) in [6.45, 7) is 9.31. The minimum atomic E-state index is 0.627. The zero-order chi connectivity index (χ0) is 14.4. The van der Waals surface area contributed by atoms with E-state index in [-0.39, 0.29) is 0 Å². The lowest BCUT2D eigenvalue weighted by Gasteiger charge is -2.22.